The van der Waals surface area contributed by atoms with Gasteiger partial charge >= 0.3 is 0 Å². The minimum absolute atomic E-state index is 0.217. The maximum atomic E-state index is 12.0. The summed E-state index contributed by atoms with van der Waals surface area (Å²) in [7, 11) is -1.45. The molecule has 0 aromatic rings. The zero-order valence-corrected chi connectivity index (χ0v) is 13.1. The second-order valence-corrected chi connectivity index (χ2v) is 8.02. The molecule has 0 aromatic heterocycles. The Morgan fingerprint density at radius 2 is 1.89 bits per heavy atom. The Morgan fingerprint density at radius 1 is 1.42 bits per heavy atom. The van der Waals surface area contributed by atoms with Crippen molar-refractivity contribution in [3.63, 3.8) is 0 Å². The molecule has 8 heteroatoms. The molecular formula is C11H21N3O3S2. The van der Waals surface area contributed by atoms with E-state index >= 15 is 0 Å². The van der Waals surface area contributed by atoms with Crippen LogP contribution in [0.15, 0.2) is 0 Å². The molecule has 1 heterocycles. The van der Waals surface area contributed by atoms with Gasteiger partial charge in [-0.2, -0.15) is 0 Å². The van der Waals surface area contributed by atoms with Crippen LogP contribution in [0.4, 0.5) is 0 Å². The van der Waals surface area contributed by atoms with Gasteiger partial charge in [-0.1, -0.05) is 12.2 Å². The summed E-state index contributed by atoms with van der Waals surface area (Å²) in [5.74, 6) is -0.542. The number of hydrogen-bond acceptors (Lipinski definition) is 5. The van der Waals surface area contributed by atoms with Crippen molar-refractivity contribution in [3.8, 4) is 0 Å². The van der Waals surface area contributed by atoms with E-state index in [1.165, 1.54) is 6.92 Å². The summed E-state index contributed by atoms with van der Waals surface area (Å²) in [6, 6.07) is 0. The van der Waals surface area contributed by atoms with E-state index in [1.54, 1.807) is 0 Å². The van der Waals surface area contributed by atoms with E-state index < -0.39 is 26.5 Å². The molecule has 3 N–H and O–H groups in total. The molecule has 0 aromatic carbocycles. The minimum atomic E-state index is -3.42. The fourth-order valence-electron chi connectivity index (χ4n) is 1.97. The zero-order chi connectivity index (χ0) is 14.8. The number of nitrogens with zero attached hydrogens (tertiary/aromatic N) is 1. The van der Waals surface area contributed by atoms with Crippen molar-refractivity contribution in [2.45, 2.75) is 30.6 Å². The lowest BCUT2D eigenvalue weighted by Crippen LogP contribution is -2.63. The van der Waals surface area contributed by atoms with E-state index in [4.69, 9.17) is 18.0 Å². The number of rotatable bonds is 4. The fourth-order valence-corrected chi connectivity index (χ4v) is 2.67. The van der Waals surface area contributed by atoms with Crippen LogP contribution in [0, 0.1) is 0 Å². The summed E-state index contributed by atoms with van der Waals surface area (Å²) < 4.78 is 22.8. The molecule has 1 saturated heterocycles. The normalized spacial score (nSPS) is 21.6. The van der Waals surface area contributed by atoms with Gasteiger partial charge in [-0.3, -0.25) is 4.79 Å². The quantitative estimate of drug-likeness (QED) is 0.666. The van der Waals surface area contributed by atoms with Crippen molar-refractivity contribution in [2.75, 3.05) is 26.4 Å². The molecule has 110 valence electrons. The molecule has 1 aliphatic heterocycles. The number of thiocarbonyl (C=S) groups is 1. The Bertz CT molecular complexity index is 468. The molecule has 1 fully saturated rings. The largest absolute Gasteiger partial charge is 0.391 e. The molecule has 1 amide bonds. The first-order chi connectivity index (χ1) is 8.58. The SMILES string of the molecule is CC(C(=O)NC1(C(N)=S)CCN(C)CC1)S(C)(=O)=O. The van der Waals surface area contributed by atoms with Crippen molar-refractivity contribution >= 4 is 33.0 Å². The summed E-state index contributed by atoms with van der Waals surface area (Å²) in [6.07, 6.45) is 2.24. The lowest BCUT2D eigenvalue weighted by atomic mass is 9.87. The van der Waals surface area contributed by atoms with Gasteiger partial charge in [0.1, 0.15) is 5.25 Å². The number of likely N-dealkylation sites (tertiary alicyclic amines) is 1. The Kier molecular flexibility index (Phi) is 4.91. The van der Waals surface area contributed by atoms with Crippen molar-refractivity contribution in [2.24, 2.45) is 5.73 Å². The molecule has 0 saturated carbocycles. The van der Waals surface area contributed by atoms with Crippen LogP contribution < -0.4 is 11.1 Å². The third-order valence-corrected chi connectivity index (χ3v) is 5.58. The summed E-state index contributed by atoms with van der Waals surface area (Å²) in [6.45, 7) is 2.88. The maximum absolute atomic E-state index is 12.0. The zero-order valence-electron chi connectivity index (χ0n) is 11.5. The Morgan fingerprint density at radius 3 is 2.26 bits per heavy atom. The Labute approximate surface area is 119 Å². The van der Waals surface area contributed by atoms with Gasteiger partial charge in [0.05, 0.1) is 10.5 Å². The second-order valence-electron chi connectivity index (χ2n) is 5.21. The van der Waals surface area contributed by atoms with E-state index in [0.717, 1.165) is 19.3 Å². The average Bonchev–Trinajstić information content (AvgIpc) is 2.29. The summed E-state index contributed by atoms with van der Waals surface area (Å²) in [5, 5.41) is 1.65. The number of hydrogen-bond donors (Lipinski definition) is 2. The number of sulfone groups is 1. The molecule has 0 spiro atoms. The van der Waals surface area contributed by atoms with Gasteiger partial charge in [-0.15, -0.1) is 0 Å². The third-order valence-electron chi connectivity index (χ3n) is 3.69. The predicted molar refractivity (Wildman–Crippen MR) is 78.7 cm³/mol. The molecule has 1 rings (SSSR count). The number of amides is 1. The van der Waals surface area contributed by atoms with Crippen LogP contribution in [0.3, 0.4) is 0 Å². The van der Waals surface area contributed by atoms with Crippen molar-refractivity contribution in [3.05, 3.63) is 0 Å². The molecule has 0 aliphatic carbocycles. The van der Waals surface area contributed by atoms with Crippen LogP contribution in [0.25, 0.3) is 0 Å². The molecule has 1 unspecified atom stereocenters. The lowest BCUT2D eigenvalue weighted by molar-refractivity contribution is -0.122. The number of carbonyl (C=O) groups is 1. The Hall–Kier alpha value is -0.730. The van der Waals surface area contributed by atoms with Crippen LogP contribution in [-0.4, -0.2) is 61.4 Å². The van der Waals surface area contributed by atoms with Crippen LogP contribution in [-0.2, 0) is 14.6 Å². The first-order valence-electron chi connectivity index (χ1n) is 6.08. The molecule has 1 aliphatic rings. The van der Waals surface area contributed by atoms with Crippen molar-refractivity contribution in [1.29, 1.82) is 0 Å². The monoisotopic (exact) mass is 307 g/mol. The van der Waals surface area contributed by atoms with Crippen LogP contribution >= 0.6 is 12.2 Å². The molecule has 6 nitrogen and oxygen atoms in total. The van der Waals surface area contributed by atoms with Gasteiger partial charge in [-0.05, 0) is 26.8 Å². The second kappa shape index (κ2) is 5.72. The van der Waals surface area contributed by atoms with Crippen molar-refractivity contribution < 1.29 is 13.2 Å². The minimum Gasteiger partial charge on any atom is -0.391 e. The highest BCUT2D eigenvalue weighted by Crippen LogP contribution is 2.22. The van der Waals surface area contributed by atoms with Crippen LogP contribution in [0.1, 0.15) is 19.8 Å². The predicted octanol–water partition coefficient (Wildman–Crippen LogP) is -0.714. The van der Waals surface area contributed by atoms with Gasteiger partial charge in [-0.25, -0.2) is 8.42 Å². The smallest absolute Gasteiger partial charge is 0.238 e. The van der Waals surface area contributed by atoms with Crippen molar-refractivity contribution in [1.82, 2.24) is 10.2 Å². The molecule has 1 atom stereocenters. The lowest BCUT2D eigenvalue weighted by Gasteiger charge is -2.40. The first-order valence-corrected chi connectivity index (χ1v) is 8.44. The number of nitrogens with one attached hydrogen (secondary N) is 1. The number of carbonyl (C=O) groups excluding carboxylic acids is 1. The highest BCUT2D eigenvalue weighted by atomic mass is 32.2. The van der Waals surface area contributed by atoms with Gasteiger partial charge in [0.15, 0.2) is 9.84 Å². The van der Waals surface area contributed by atoms with Gasteiger partial charge in [0.25, 0.3) is 0 Å². The van der Waals surface area contributed by atoms with E-state index in [2.05, 4.69) is 10.2 Å². The van der Waals surface area contributed by atoms with E-state index in [9.17, 15) is 13.2 Å². The maximum Gasteiger partial charge on any atom is 0.238 e. The number of piperidine rings is 1. The highest BCUT2D eigenvalue weighted by Gasteiger charge is 2.40. The van der Waals surface area contributed by atoms with E-state index in [1.807, 2.05) is 7.05 Å². The van der Waals surface area contributed by atoms with Gasteiger partial charge in [0.2, 0.25) is 5.91 Å². The van der Waals surface area contributed by atoms with E-state index in [0.29, 0.717) is 12.8 Å². The molecular weight excluding hydrogens is 286 g/mol. The number of nitrogens with two attached hydrogens (primary N) is 1. The van der Waals surface area contributed by atoms with Gasteiger partial charge in [0, 0.05) is 19.3 Å². The van der Waals surface area contributed by atoms with Crippen LogP contribution in [0.2, 0.25) is 0 Å². The molecule has 19 heavy (non-hydrogen) atoms. The summed E-state index contributed by atoms with van der Waals surface area (Å²) >= 11 is 5.06. The fraction of sp³-hybridized carbons (Fsp3) is 0.818. The van der Waals surface area contributed by atoms with Crippen LogP contribution in [0.5, 0.6) is 0 Å². The topological polar surface area (TPSA) is 92.5 Å². The summed E-state index contributed by atoms with van der Waals surface area (Å²) in [5.41, 5.74) is 4.99. The average molecular weight is 307 g/mol. The standard InChI is InChI=1S/C11H21N3O3S2/c1-8(19(3,16)17)9(15)13-11(10(12)18)4-6-14(2)7-5-11/h8H,4-7H2,1-3H3,(H2,12,18)(H,13,15). The van der Waals surface area contributed by atoms with Gasteiger partial charge < -0.3 is 16.0 Å². The Balaban J connectivity index is 2.86. The first kappa shape index (κ1) is 16.3. The highest BCUT2D eigenvalue weighted by molar-refractivity contribution is 7.92. The summed E-state index contributed by atoms with van der Waals surface area (Å²) in [4.78, 5) is 14.4. The molecule has 0 bridgehead atoms. The van der Waals surface area contributed by atoms with E-state index in [-0.39, 0.29) is 4.99 Å². The third kappa shape index (κ3) is 3.87. The molecule has 0 radical (unpaired) electrons.